The molecule has 1 aromatic carbocycles. The fourth-order valence-electron chi connectivity index (χ4n) is 3.85. The van der Waals surface area contributed by atoms with Crippen molar-refractivity contribution in [2.45, 2.75) is 18.6 Å². The molecule has 3 aliphatic rings. The second kappa shape index (κ2) is 4.43. The summed E-state index contributed by atoms with van der Waals surface area (Å²) >= 11 is 0. The van der Waals surface area contributed by atoms with Gasteiger partial charge in [-0.2, -0.15) is 0 Å². The quantitative estimate of drug-likeness (QED) is 0.613. The topological polar surface area (TPSA) is 55.8 Å². The van der Waals surface area contributed by atoms with Crippen molar-refractivity contribution in [3.8, 4) is 0 Å². The largest absolute Gasteiger partial charge is 0.469 e. The first kappa shape index (κ1) is 13.5. The molecule has 0 radical (unpaired) electrons. The average molecular weight is 299 g/mol. The number of hydrogen-bond donors (Lipinski definition) is 0. The van der Waals surface area contributed by atoms with Crippen LogP contribution in [0, 0.1) is 18.8 Å². The van der Waals surface area contributed by atoms with E-state index in [4.69, 9.17) is 9.47 Å². The number of fused-ring (bicyclic) bond motifs is 1. The zero-order valence-corrected chi connectivity index (χ0v) is 12.5. The summed E-state index contributed by atoms with van der Waals surface area (Å²) in [6.07, 6.45) is 3.47. The minimum absolute atomic E-state index is 0.0638. The lowest BCUT2D eigenvalue weighted by atomic mass is 9.77. The van der Waals surface area contributed by atoms with Crippen molar-refractivity contribution in [3.05, 3.63) is 42.0 Å². The first-order valence-corrected chi connectivity index (χ1v) is 7.39. The Labute approximate surface area is 128 Å². The Morgan fingerprint density at radius 3 is 2.77 bits per heavy atom. The third kappa shape index (κ3) is 1.63. The van der Waals surface area contributed by atoms with E-state index < -0.39 is 17.4 Å². The van der Waals surface area contributed by atoms with Gasteiger partial charge in [-0.25, -0.2) is 0 Å². The van der Waals surface area contributed by atoms with Gasteiger partial charge in [0.25, 0.3) is 0 Å². The molecule has 3 aliphatic heterocycles. The summed E-state index contributed by atoms with van der Waals surface area (Å²) in [6, 6.07) is 7.79. The number of esters is 1. The molecule has 22 heavy (non-hydrogen) atoms. The zero-order chi connectivity index (χ0) is 15.5. The van der Waals surface area contributed by atoms with Crippen LogP contribution < -0.4 is 4.90 Å². The molecule has 3 heterocycles. The highest BCUT2D eigenvalue weighted by Gasteiger charge is 2.67. The maximum absolute atomic E-state index is 12.9. The Morgan fingerprint density at radius 2 is 2.09 bits per heavy atom. The van der Waals surface area contributed by atoms with Crippen molar-refractivity contribution in [2.24, 2.45) is 11.8 Å². The number of carbonyl (C=O) groups excluding carboxylic acids is 2. The van der Waals surface area contributed by atoms with E-state index in [1.54, 1.807) is 4.90 Å². The molecule has 2 bridgehead atoms. The molecule has 2 saturated heterocycles. The second-order valence-corrected chi connectivity index (χ2v) is 6.18. The number of anilines is 1. The highest BCUT2D eigenvalue weighted by molar-refractivity contribution is 6.02. The summed E-state index contributed by atoms with van der Waals surface area (Å²) in [4.78, 5) is 26.7. The maximum atomic E-state index is 12.9. The molecule has 2 fully saturated rings. The van der Waals surface area contributed by atoms with E-state index in [0.29, 0.717) is 6.54 Å². The van der Waals surface area contributed by atoms with Crippen LogP contribution in [0.2, 0.25) is 0 Å². The third-order valence-electron chi connectivity index (χ3n) is 4.92. The number of aryl methyl sites for hydroxylation is 1. The summed E-state index contributed by atoms with van der Waals surface area (Å²) < 4.78 is 10.9. The lowest BCUT2D eigenvalue weighted by Crippen LogP contribution is -2.39. The molecular formula is C17H17NO4. The summed E-state index contributed by atoms with van der Waals surface area (Å²) in [5, 5.41) is 0. The van der Waals surface area contributed by atoms with Gasteiger partial charge in [0.05, 0.1) is 25.7 Å². The van der Waals surface area contributed by atoms with Crippen molar-refractivity contribution in [1.82, 2.24) is 0 Å². The van der Waals surface area contributed by atoms with E-state index in [1.807, 2.05) is 43.3 Å². The third-order valence-corrected chi connectivity index (χ3v) is 4.92. The van der Waals surface area contributed by atoms with Crippen molar-refractivity contribution in [3.63, 3.8) is 0 Å². The lowest BCUT2D eigenvalue weighted by molar-refractivity contribution is -0.149. The highest BCUT2D eigenvalue weighted by atomic mass is 16.5. The molecule has 0 aromatic heterocycles. The predicted octanol–water partition coefficient (Wildman–Crippen LogP) is 1.45. The Bertz CT molecular complexity index is 680. The summed E-state index contributed by atoms with van der Waals surface area (Å²) in [6.45, 7) is 2.45. The molecule has 1 amide bonds. The first-order chi connectivity index (χ1) is 10.6. The van der Waals surface area contributed by atoms with Crippen LogP contribution >= 0.6 is 0 Å². The summed E-state index contributed by atoms with van der Waals surface area (Å²) in [7, 11) is 1.35. The fourth-order valence-corrected chi connectivity index (χ4v) is 3.85. The maximum Gasteiger partial charge on any atom is 0.312 e. The van der Waals surface area contributed by atoms with Gasteiger partial charge in [0.1, 0.15) is 11.5 Å². The van der Waals surface area contributed by atoms with Gasteiger partial charge in [0.2, 0.25) is 5.91 Å². The standard InChI is InChI=1S/C17H17NO4/c1-10-3-5-11(6-4-10)18-9-17-8-7-12(22-17)13(16(20)21-2)14(17)15(18)19/h3-8,12-14H,9H2,1-2H3/t12-,13-,14-,17-/m0/s1. The molecule has 0 aliphatic carbocycles. The van der Waals surface area contributed by atoms with Gasteiger partial charge in [-0.15, -0.1) is 0 Å². The molecule has 5 nitrogen and oxygen atoms in total. The zero-order valence-electron chi connectivity index (χ0n) is 12.5. The Balaban J connectivity index is 1.71. The molecule has 1 aromatic rings. The van der Waals surface area contributed by atoms with Gasteiger partial charge in [0.15, 0.2) is 0 Å². The predicted molar refractivity (Wildman–Crippen MR) is 79.3 cm³/mol. The molecule has 1 spiro atoms. The molecule has 0 saturated carbocycles. The minimum atomic E-state index is -0.689. The van der Waals surface area contributed by atoms with Gasteiger partial charge < -0.3 is 14.4 Å². The number of methoxy groups -OCH3 is 1. The molecule has 0 N–H and O–H groups in total. The number of ether oxygens (including phenoxy) is 2. The normalized spacial score (nSPS) is 35.1. The molecule has 114 valence electrons. The van der Waals surface area contributed by atoms with Gasteiger partial charge in [0, 0.05) is 5.69 Å². The van der Waals surface area contributed by atoms with E-state index in [9.17, 15) is 9.59 Å². The van der Waals surface area contributed by atoms with Gasteiger partial charge in [-0.05, 0) is 19.1 Å². The highest BCUT2D eigenvalue weighted by Crippen LogP contribution is 2.52. The number of nitrogens with zero attached hydrogens (tertiary/aromatic N) is 1. The summed E-state index contributed by atoms with van der Waals surface area (Å²) in [5.74, 6) is -1.47. The minimum Gasteiger partial charge on any atom is -0.469 e. The van der Waals surface area contributed by atoms with Crippen LogP contribution in [0.15, 0.2) is 36.4 Å². The van der Waals surface area contributed by atoms with Crippen LogP contribution in [0.1, 0.15) is 5.56 Å². The van der Waals surface area contributed by atoms with Crippen molar-refractivity contribution < 1.29 is 19.1 Å². The monoisotopic (exact) mass is 299 g/mol. The molecular weight excluding hydrogens is 282 g/mol. The summed E-state index contributed by atoms with van der Waals surface area (Å²) in [5.41, 5.74) is 1.28. The number of carbonyl (C=O) groups is 2. The van der Waals surface area contributed by atoms with Crippen LogP contribution in [0.5, 0.6) is 0 Å². The lowest BCUT2D eigenvalue weighted by Gasteiger charge is -2.22. The van der Waals surface area contributed by atoms with Crippen LogP contribution in [0.4, 0.5) is 5.69 Å². The fraction of sp³-hybridized carbons (Fsp3) is 0.412. The molecule has 4 rings (SSSR count). The average Bonchev–Trinajstić information content (AvgIpc) is 3.16. The van der Waals surface area contributed by atoms with Crippen molar-refractivity contribution in [1.29, 1.82) is 0 Å². The van der Waals surface area contributed by atoms with Crippen LogP contribution in [-0.4, -0.2) is 37.2 Å². The molecule has 4 atom stereocenters. The van der Waals surface area contributed by atoms with E-state index in [1.165, 1.54) is 7.11 Å². The van der Waals surface area contributed by atoms with E-state index in [0.717, 1.165) is 11.3 Å². The Hall–Kier alpha value is -2.14. The number of hydrogen-bond acceptors (Lipinski definition) is 4. The molecule has 0 unspecified atom stereocenters. The van der Waals surface area contributed by atoms with Gasteiger partial charge in [-0.3, -0.25) is 9.59 Å². The number of benzene rings is 1. The van der Waals surface area contributed by atoms with Gasteiger partial charge >= 0.3 is 5.97 Å². The SMILES string of the molecule is COC(=O)[C@H]1[C@@H]2C=C[C@@]3(CN(c4ccc(C)cc4)C(=O)[C@H]13)O2. The second-order valence-electron chi connectivity index (χ2n) is 6.18. The van der Waals surface area contributed by atoms with E-state index in [-0.39, 0.29) is 18.0 Å². The Kier molecular flexibility index (Phi) is 2.72. The Morgan fingerprint density at radius 1 is 1.36 bits per heavy atom. The van der Waals surface area contributed by atoms with E-state index >= 15 is 0 Å². The van der Waals surface area contributed by atoms with E-state index in [2.05, 4.69) is 0 Å². The van der Waals surface area contributed by atoms with Crippen molar-refractivity contribution in [2.75, 3.05) is 18.6 Å². The van der Waals surface area contributed by atoms with Crippen LogP contribution in [-0.2, 0) is 19.1 Å². The number of rotatable bonds is 2. The van der Waals surface area contributed by atoms with Gasteiger partial charge in [-0.1, -0.05) is 29.8 Å². The molecule has 5 heteroatoms. The van der Waals surface area contributed by atoms with Crippen molar-refractivity contribution >= 4 is 17.6 Å². The number of amides is 1. The van der Waals surface area contributed by atoms with Crippen LogP contribution in [0.3, 0.4) is 0 Å². The van der Waals surface area contributed by atoms with Crippen LogP contribution in [0.25, 0.3) is 0 Å². The smallest absolute Gasteiger partial charge is 0.312 e. The first-order valence-electron chi connectivity index (χ1n) is 7.39.